The summed E-state index contributed by atoms with van der Waals surface area (Å²) >= 11 is 0. The second-order valence-corrected chi connectivity index (χ2v) is 5.05. The van der Waals surface area contributed by atoms with E-state index in [4.69, 9.17) is 4.74 Å². The predicted octanol–water partition coefficient (Wildman–Crippen LogP) is 2.77. The van der Waals surface area contributed by atoms with Crippen LogP contribution in [0.4, 0.5) is 5.69 Å². The maximum absolute atomic E-state index is 5.15. The normalized spacial score (nSPS) is 10.7. The number of ether oxygens (including phenoxy) is 1. The number of nitrogens with one attached hydrogen (secondary N) is 1. The molecule has 0 fully saturated rings. The summed E-state index contributed by atoms with van der Waals surface area (Å²) in [5.41, 5.74) is 1.22. The molecule has 102 valence electrons. The predicted molar refractivity (Wildman–Crippen MR) is 78.6 cm³/mol. The van der Waals surface area contributed by atoms with Gasteiger partial charge in [0.15, 0.2) is 0 Å². The smallest absolute Gasteiger partial charge is 0.119 e. The Balaban J connectivity index is 2.25. The molecule has 0 aromatic heterocycles. The molecule has 3 nitrogen and oxygen atoms in total. The number of rotatable bonds is 8. The van der Waals surface area contributed by atoms with Crippen molar-refractivity contribution in [3.63, 3.8) is 0 Å². The number of hydrogen-bond donors (Lipinski definition) is 1. The molecule has 0 unspecified atom stereocenters. The average molecular weight is 250 g/mol. The SMILES string of the molecule is COc1ccc(N(C)CCNCCC(C)C)cc1. The fourth-order valence-electron chi connectivity index (χ4n) is 1.73. The minimum absolute atomic E-state index is 0.775. The fraction of sp³-hybridized carbons (Fsp3) is 0.600. The molecule has 0 atom stereocenters. The van der Waals surface area contributed by atoms with Crippen LogP contribution in [0.5, 0.6) is 5.75 Å². The van der Waals surface area contributed by atoms with E-state index in [-0.39, 0.29) is 0 Å². The second kappa shape index (κ2) is 7.98. The van der Waals surface area contributed by atoms with Crippen LogP contribution in [0.1, 0.15) is 20.3 Å². The van der Waals surface area contributed by atoms with Gasteiger partial charge in [-0.2, -0.15) is 0 Å². The topological polar surface area (TPSA) is 24.5 Å². The summed E-state index contributed by atoms with van der Waals surface area (Å²) in [7, 11) is 3.81. The minimum Gasteiger partial charge on any atom is -0.497 e. The summed E-state index contributed by atoms with van der Waals surface area (Å²) in [6.07, 6.45) is 1.24. The van der Waals surface area contributed by atoms with Gasteiger partial charge in [0, 0.05) is 25.8 Å². The molecule has 0 aliphatic heterocycles. The van der Waals surface area contributed by atoms with Gasteiger partial charge in [-0.25, -0.2) is 0 Å². The summed E-state index contributed by atoms with van der Waals surface area (Å²) in [5, 5.41) is 3.47. The Labute approximate surface area is 111 Å². The number of hydrogen-bond acceptors (Lipinski definition) is 3. The van der Waals surface area contributed by atoms with E-state index < -0.39 is 0 Å². The van der Waals surface area contributed by atoms with Gasteiger partial charge in [-0.15, -0.1) is 0 Å². The number of likely N-dealkylation sites (N-methyl/N-ethyl adjacent to an activating group) is 1. The molecule has 3 heteroatoms. The molecule has 1 aromatic carbocycles. The average Bonchev–Trinajstić information content (AvgIpc) is 2.38. The van der Waals surface area contributed by atoms with E-state index in [0.29, 0.717) is 0 Å². The second-order valence-electron chi connectivity index (χ2n) is 5.05. The first-order valence-corrected chi connectivity index (χ1v) is 6.69. The van der Waals surface area contributed by atoms with Crippen LogP contribution in [-0.2, 0) is 0 Å². The molecule has 1 N–H and O–H groups in total. The van der Waals surface area contributed by atoms with Crippen molar-refractivity contribution < 1.29 is 4.74 Å². The van der Waals surface area contributed by atoms with E-state index in [0.717, 1.165) is 31.3 Å². The molecule has 0 radical (unpaired) electrons. The van der Waals surface area contributed by atoms with Crippen LogP contribution in [-0.4, -0.2) is 33.8 Å². The zero-order valence-corrected chi connectivity index (χ0v) is 12.1. The van der Waals surface area contributed by atoms with Gasteiger partial charge in [0.05, 0.1) is 7.11 Å². The van der Waals surface area contributed by atoms with Crippen molar-refractivity contribution in [1.29, 1.82) is 0 Å². The van der Waals surface area contributed by atoms with Crippen molar-refractivity contribution in [2.75, 3.05) is 38.7 Å². The van der Waals surface area contributed by atoms with Crippen LogP contribution in [0.25, 0.3) is 0 Å². The van der Waals surface area contributed by atoms with E-state index in [1.54, 1.807) is 7.11 Å². The molecule has 18 heavy (non-hydrogen) atoms. The van der Waals surface area contributed by atoms with E-state index in [2.05, 4.69) is 43.2 Å². The van der Waals surface area contributed by atoms with Crippen LogP contribution in [0.2, 0.25) is 0 Å². The van der Waals surface area contributed by atoms with Crippen molar-refractivity contribution >= 4 is 5.69 Å². The molecule has 1 rings (SSSR count). The Bertz CT molecular complexity index is 322. The van der Waals surface area contributed by atoms with Crippen molar-refractivity contribution in [2.45, 2.75) is 20.3 Å². The number of methoxy groups -OCH3 is 1. The third-order valence-corrected chi connectivity index (χ3v) is 3.04. The highest BCUT2D eigenvalue weighted by Gasteiger charge is 2.00. The Morgan fingerprint density at radius 3 is 2.39 bits per heavy atom. The quantitative estimate of drug-likeness (QED) is 0.718. The zero-order valence-electron chi connectivity index (χ0n) is 12.1. The van der Waals surface area contributed by atoms with Gasteiger partial charge < -0.3 is 15.0 Å². The molecule has 1 aromatic rings. The van der Waals surface area contributed by atoms with E-state index in [1.807, 2.05) is 12.1 Å². The lowest BCUT2D eigenvalue weighted by molar-refractivity contribution is 0.415. The Hall–Kier alpha value is -1.22. The molecule has 0 saturated heterocycles. The lowest BCUT2D eigenvalue weighted by Crippen LogP contribution is -2.29. The highest BCUT2D eigenvalue weighted by Crippen LogP contribution is 2.17. The minimum atomic E-state index is 0.775. The highest BCUT2D eigenvalue weighted by atomic mass is 16.5. The van der Waals surface area contributed by atoms with Crippen LogP contribution in [0, 0.1) is 5.92 Å². The number of anilines is 1. The molecule has 0 heterocycles. The van der Waals surface area contributed by atoms with Gasteiger partial charge in [-0.1, -0.05) is 13.8 Å². The van der Waals surface area contributed by atoms with Gasteiger partial charge in [0.25, 0.3) is 0 Å². The first kappa shape index (κ1) is 14.8. The Morgan fingerprint density at radius 2 is 1.83 bits per heavy atom. The molecule has 0 saturated carbocycles. The molecule has 0 bridgehead atoms. The van der Waals surface area contributed by atoms with Crippen molar-refractivity contribution in [3.05, 3.63) is 24.3 Å². The number of nitrogens with zero attached hydrogens (tertiary/aromatic N) is 1. The molecule has 0 spiro atoms. The van der Waals surface area contributed by atoms with Crippen molar-refractivity contribution in [2.24, 2.45) is 5.92 Å². The largest absolute Gasteiger partial charge is 0.497 e. The summed E-state index contributed by atoms with van der Waals surface area (Å²) in [6, 6.07) is 8.18. The first-order valence-electron chi connectivity index (χ1n) is 6.69. The Kier molecular flexibility index (Phi) is 6.58. The maximum atomic E-state index is 5.15. The lowest BCUT2D eigenvalue weighted by Gasteiger charge is -2.20. The van der Waals surface area contributed by atoms with Crippen molar-refractivity contribution in [1.82, 2.24) is 5.32 Å². The van der Waals surface area contributed by atoms with E-state index in [1.165, 1.54) is 12.1 Å². The standard InChI is InChI=1S/C15H26N2O/c1-13(2)9-10-16-11-12-17(3)14-5-7-15(18-4)8-6-14/h5-8,13,16H,9-12H2,1-4H3. The Morgan fingerprint density at radius 1 is 1.17 bits per heavy atom. The van der Waals surface area contributed by atoms with Crippen LogP contribution >= 0.6 is 0 Å². The number of benzene rings is 1. The van der Waals surface area contributed by atoms with Gasteiger partial charge in [-0.3, -0.25) is 0 Å². The van der Waals surface area contributed by atoms with Crippen molar-refractivity contribution in [3.8, 4) is 5.75 Å². The molecule has 0 aliphatic carbocycles. The molecule has 0 aliphatic rings. The maximum Gasteiger partial charge on any atom is 0.119 e. The van der Waals surface area contributed by atoms with E-state index >= 15 is 0 Å². The summed E-state index contributed by atoms with van der Waals surface area (Å²) in [5.74, 6) is 1.68. The van der Waals surface area contributed by atoms with Gasteiger partial charge in [-0.05, 0) is 43.1 Å². The zero-order chi connectivity index (χ0) is 13.4. The monoisotopic (exact) mass is 250 g/mol. The summed E-state index contributed by atoms with van der Waals surface area (Å²) < 4.78 is 5.15. The van der Waals surface area contributed by atoms with E-state index in [9.17, 15) is 0 Å². The molecular weight excluding hydrogens is 224 g/mol. The first-order chi connectivity index (χ1) is 8.63. The third kappa shape index (κ3) is 5.41. The highest BCUT2D eigenvalue weighted by molar-refractivity contribution is 5.48. The van der Waals surface area contributed by atoms with Gasteiger partial charge in [0.1, 0.15) is 5.75 Å². The third-order valence-electron chi connectivity index (χ3n) is 3.04. The summed E-state index contributed by atoms with van der Waals surface area (Å²) in [6.45, 7) is 7.66. The van der Waals surface area contributed by atoms with Gasteiger partial charge >= 0.3 is 0 Å². The molecule has 0 amide bonds. The fourth-order valence-corrected chi connectivity index (χ4v) is 1.73. The van der Waals surface area contributed by atoms with Crippen LogP contribution < -0.4 is 15.0 Å². The van der Waals surface area contributed by atoms with Crippen LogP contribution in [0.15, 0.2) is 24.3 Å². The molecular formula is C15H26N2O. The van der Waals surface area contributed by atoms with Crippen LogP contribution in [0.3, 0.4) is 0 Å². The lowest BCUT2D eigenvalue weighted by atomic mass is 10.1. The summed E-state index contributed by atoms with van der Waals surface area (Å²) in [4.78, 5) is 2.25. The van der Waals surface area contributed by atoms with Gasteiger partial charge in [0.2, 0.25) is 0 Å².